The van der Waals surface area contributed by atoms with E-state index in [9.17, 15) is 9.18 Å². The summed E-state index contributed by atoms with van der Waals surface area (Å²) in [6, 6.07) is 3.61. The number of likely N-dealkylation sites (tertiary alicyclic amines) is 1. The van der Waals surface area contributed by atoms with E-state index in [1.165, 1.54) is 0 Å². The lowest BCUT2D eigenvalue weighted by atomic mass is 10.2. The van der Waals surface area contributed by atoms with E-state index >= 15 is 0 Å². The maximum absolute atomic E-state index is 13.9. The number of rotatable bonds is 6. The van der Waals surface area contributed by atoms with Crippen molar-refractivity contribution in [2.24, 2.45) is 0 Å². The number of hydrogen-bond donors (Lipinski definition) is 1. The van der Waals surface area contributed by atoms with Crippen molar-refractivity contribution in [2.75, 3.05) is 13.1 Å². The van der Waals surface area contributed by atoms with Gasteiger partial charge < -0.3 is 9.73 Å². The molecule has 2 aromatic heterocycles. The molecule has 2 atom stereocenters. The van der Waals surface area contributed by atoms with Crippen LogP contribution in [0.1, 0.15) is 29.3 Å². The predicted octanol–water partition coefficient (Wildman–Crippen LogP) is 1.96. The standard InChI is InChI=1S/C18H23FN4O2/c1-12-13(2)25-18(22-12)11-23-10-15(19)7-16(23)9-21-17(24)6-14-4-3-5-20-8-14/h3-5,8,15-16H,6-7,9-11H2,1-2H3,(H,21,24)/t15-,16-/m0/s1. The van der Waals surface area contributed by atoms with Gasteiger partial charge >= 0.3 is 0 Å². The number of carbonyl (C=O) groups excluding carboxylic acids is 1. The molecule has 3 heterocycles. The van der Waals surface area contributed by atoms with E-state index in [1.54, 1.807) is 18.5 Å². The van der Waals surface area contributed by atoms with Crippen LogP contribution in [0.5, 0.6) is 0 Å². The molecule has 6 nitrogen and oxygen atoms in total. The summed E-state index contributed by atoms with van der Waals surface area (Å²) in [4.78, 5) is 22.4. The summed E-state index contributed by atoms with van der Waals surface area (Å²) in [5, 5.41) is 2.90. The van der Waals surface area contributed by atoms with E-state index in [-0.39, 0.29) is 18.4 Å². The Kier molecular flexibility index (Phi) is 5.43. The highest BCUT2D eigenvalue weighted by atomic mass is 19.1. The van der Waals surface area contributed by atoms with E-state index in [4.69, 9.17) is 4.42 Å². The normalized spacial score (nSPS) is 20.8. The fourth-order valence-corrected chi connectivity index (χ4v) is 3.09. The lowest BCUT2D eigenvalue weighted by Gasteiger charge is -2.22. The number of hydrogen-bond acceptors (Lipinski definition) is 5. The van der Waals surface area contributed by atoms with Crippen LogP contribution >= 0.6 is 0 Å². The number of nitrogens with zero attached hydrogens (tertiary/aromatic N) is 3. The van der Waals surface area contributed by atoms with Crippen LogP contribution < -0.4 is 5.32 Å². The molecular weight excluding hydrogens is 323 g/mol. The Morgan fingerprint density at radius 2 is 2.32 bits per heavy atom. The Balaban J connectivity index is 1.53. The van der Waals surface area contributed by atoms with E-state index in [2.05, 4.69) is 15.3 Å². The Labute approximate surface area is 146 Å². The van der Waals surface area contributed by atoms with Gasteiger partial charge in [0, 0.05) is 31.5 Å². The second-order valence-corrected chi connectivity index (χ2v) is 6.51. The highest BCUT2D eigenvalue weighted by Gasteiger charge is 2.33. The minimum atomic E-state index is -0.891. The van der Waals surface area contributed by atoms with E-state index in [0.29, 0.717) is 31.9 Å². The molecule has 1 aliphatic rings. The molecule has 1 amide bonds. The largest absolute Gasteiger partial charge is 0.444 e. The SMILES string of the molecule is Cc1nc(CN2C[C@@H](F)C[C@H]2CNC(=O)Cc2cccnc2)oc1C. The molecule has 0 unspecified atom stereocenters. The second-order valence-electron chi connectivity index (χ2n) is 6.51. The number of carbonyl (C=O) groups is 1. The molecular formula is C18H23FN4O2. The first kappa shape index (κ1) is 17.5. The molecule has 3 rings (SSSR count). The van der Waals surface area contributed by atoms with Crippen LogP contribution in [0.2, 0.25) is 0 Å². The first-order valence-corrected chi connectivity index (χ1v) is 8.48. The summed E-state index contributed by atoms with van der Waals surface area (Å²) in [5.74, 6) is 1.29. The van der Waals surface area contributed by atoms with Gasteiger partial charge in [-0.1, -0.05) is 6.07 Å². The highest BCUT2D eigenvalue weighted by molar-refractivity contribution is 5.78. The molecule has 0 saturated carbocycles. The van der Waals surface area contributed by atoms with Crippen LogP contribution in [-0.4, -0.2) is 46.1 Å². The highest BCUT2D eigenvalue weighted by Crippen LogP contribution is 2.23. The number of alkyl halides is 1. The molecule has 1 saturated heterocycles. The van der Waals surface area contributed by atoms with Crippen LogP contribution in [0, 0.1) is 13.8 Å². The van der Waals surface area contributed by atoms with Gasteiger partial charge in [0.25, 0.3) is 0 Å². The van der Waals surface area contributed by atoms with Gasteiger partial charge in [0.2, 0.25) is 11.8 Å². The Morgan fingerprint density at radius 1 is 1.48 bits per heavy atom. The zero-order valence-electron chi connectivity index (χ0n) is 14.5. The van der Waals surface area contributed by atoms with E-state index in [0.717, 1.165) is 17.0 Å². The van der Waals surface area contributed by atoms with Crippen LogP contribution in [-0.2, 0) is 17.8 Å². The number of nitrogens with one attached hydrogen (secondary N) is 1. The zero-order valence-corrected chi connectivity index (χ0v) is 14.5. The van der Waals surface area contributed by atoms with Crippen molar-refractivity contribution in [1.29, 1.82) is 0 Å². The Hall–Kier alpha value is -2.28. The van der Waals surface area contributed by atoms with Gasteiger partial charge in [-0.2, -0.15) is 0 Å². The van der Waals surface area contributed by atoms with Gasteiger partial charge in [-0.05, 0) is 31.9 Å². The molecule has 2 aromatic rings. The lowest BCUT2D eigenvalue weighted by molar-refractivity contribution is -0.120. The fraction of sp³-hybridized carbons (Fsp3) is 0.500. The maximum Gasteiger partial charge on any atom is 0.224 e. The van der Waals surface area contributed by atoms with Crippen molar-refractivity contribution in [2.45, 2.75) is 45.4 Å². The topological polar surface area (TPSA) is 71.3 Å². The van der Waals surface area contributed by atoms with Crippen molar-refractivity contribution in [3.8, 4) is 0 Å². The summed E-state index contributed by atoms with van der Waals surface area (Å²) in [6.07, 6.45) is 3.14. The van der Waals surface area contributed by atoms with Gasteiger partial charge in [0.05, 0.1) is 18.7 Å². The minimum absolute atomic E-state index is 0.0552. The molecule has 1 aliphatic heterocycles. The van der Waals surface area contributed by atoms with Gasteiger partial charge in [-0.3, -0.25) is 14.7 Å². The Bertz CT molecular complexity index is 700. The number of amides is 1. The second kappa shape index (κ2) is 7.74. The van der Waals surface area contributed by atoms with Crippen molar-refractivity contribution in [3.05, 3.63) is 47.4 Å². The number of aromatic nitrogens is 2. The van der Waals surface area contributed by atoms with Crippen LogP contribution in [0.25, 0.3) is 0 Å². The summed E-state index contributed by atoms with van der Waals surface area (Å²) in [5.41, 5.74) is 1.71. The first-order valence-electron chi connectivity index (χ1n) is 8.48. The smallest absolute Gasteiger partial charge is 0.224 e. The van der Waals surface area contributed by atoms with Crippen molar-refractivity contribution >= 4 is 5.91 Å². The molecule has 1 N–H and O–H groups in total. The monoisotopic (exact) mass is 346 g/mol. The van der Waals surface area contributed by atoms with Crippen molar-refractivity contribution in [1.82, 2.24) is 20.2 Å². The number of aryl methyl sites for hydroxylation is 2. The van der Waals surface area contributed by atoms with Crippen molar-refractivity contribution < 1.29 is 13.6 Å². The van der Waals surface area contributed by atoms with Crippen LogP contribution in [0.4, 0.5) is 4.39 Å². The predicted molar refractivity (Wildman–Crippen MR) is 90.6 cm³/mol. The van der Waals surface area contributed by atoms with E-state index < -0.39 is 6.17 Å². The molecule has 0 bridgehead atoms. The number of halogens is 1. The number of oxazole rings is 1. The van der Waals surface area contributed by atoms with Crippen LogP contribution in [0.3, 0.4) is 0 Å². The quantitative estimate of drug-likeness (QED) is 0.866. The van der Waals surface area contributed by atoms with Crippen LogP contribution in [0.15, 0.2) is 28.9 Å². The summed E-state index contributed by atoms with van der Waals surface area (Å²) in [7, 11) is 0. The molecule has 1 fully saturated rings. The van der Waals surface area contributed by atoms with Crippen molar-refractivity contribution in [3.63, 3.8) is 0 Å². The third kappa shape index (κ3) is 4.63. The van der Waals surface area contributed by atoms with Gasteiger partial charge in [0.15, 0.2) is 0 Å². The summed E-state index contributed by atoms with van der Waals surface area (Å²) in [6.45, 7) is 4.96. The van der Waals surface area contributed by atoms with Gasteiger partial charge in [0.1, 0.15) is 11.9 Å². The molecule has 0 radical (unpaired) electrons. The third-order valence-corrected chi connectivity index (χ3v) is 4.51. The minimum Gasteiger partial charge on any atom is -0.444 e. The molecule has 7 heteroatoms. The maximum atomic E-state index is 13.9. The first-order chi connectivity index (χ1) is 12.0. The van der Waals surface area contributed by atoms with Gasteiger partial charge in [-0.15, -0.1) is 0 Å². The lowest BCUT2D eigenvalue weighted by Crippen LogP contribution is -2.40. The Morgan fingerprint density at radius 3 is 3.00 bits per heavy atom. The van der Waals surface area contributed by atoms with E-state index in [1.807, 2.05) is 24.8 Å². The molecule has 0 aliphatic carbocycles. The fourth-order valence-electron chi connectivity index (χ4n) is 3.09. The average molecular weight is 346 g/mol. The molecule has 0 spiro atoms. The summed E-state index contributed by atoms with van der Waals surface area (Å²) < 4.78 is 19.5. The van der Waals surface area contributed by atoms with Gasteiger partial charge in [-0.25, -0.2) is 9.37 Å². The zero-order chi connectivity index (χ0) is 17.8. The summed E-state index contributed by atoms with van der Waals surface area (Å²) >= 11 is 0. The third-order valence-electron chi connectivity index (χ3n) is 4.51. The number of pyridine rings is 1. The average Bonchev–Trinajstić information content (AvgIpc) is 3.08. The molecule has 25 heavy (non-hydrogen) atoms. The molecule has 134 valence electrons. The molecule has 0 aromatic carbocycles.